The van der Waals surface area contributed by atoms with Gasteiger partial charge in [0.2, 0.25) is 0 Å². The highest BCUT2D eigenvalue weighted by Gasteiger charge is 2.33. The van der Waals surface area contributed by atoms with Crippen LogP contribution in [0.15, 0.2) is 60.8 Å². The molecule has 0 saturated heterocycles. The van der Waals surface area contributed by atoms with Gasteiger partial charge >= 0.3 is 12.7 Å². The third-order valence-electron chi connectivity index (χ3n) is 3.85. The van der Waals surface area contributed by atoms with E-state index in [9.17, 15) is 31.1 Å². The number of halogens is 6. The highest BCUT2D eigenvalue weighted by atomic mass is 19.4. The van der Waals surface area contributed by atoms with Crippen LogP contribution in [-0.4, -0.2) is 24.0 Å². The number of aromatic nitrogens is 1. The highest BCUT2D eigenvalue weighted by molar-refractivity contribution is 5.90. The number of carbonyl (C=O) groups is 1. The molecule has 4 nitrogen and oxygen atoms in total. The molecule has 0 unspecified atom stereocenters. The summed E-state index contributed by atoms with van der Waals surface area (Å²) in [4.78, 5) is 15.6. The topological polar surface area (TPSA) is 48.4 Å². The summed E-state index contributed by atoms with van der Waals surface area (Å²) in [5.74, 6) is -1.09. The Morgan fingerprint density at radius 1 is 0.733 bits per heavy atom. The Balaban J connectivity index is 2.08. The lowest BCUT2D eigenvalue weighted by atomic mass is 9.99. The molecule has 0 aliphatic carbocycles. The summed E-state index contributed by atoms with van der Waals surface area (Å²) < 4.78 is 83.9. The molecule has 2 aromatic carbocycles. The van der Waals surface area contributed by atoms with Crippen LogP contribution in [0.4, 0.5) is 26.3 Å². The van der Waals surface area contributed by atoms with E-state index in [1.54, 1.807) is 0 Å². The quantitative estimate of drug-likeness (QED) is 0.369. The number of para-hydroxylation sites is 2. The first-order valence-electron chi connectivity index (χ1n) is 8.23. The molecule has 3 rings (SSSR count). The van der Waals surface area contributed by atoms with E-state index >= 15 is 0 Å². The van der Waals surface area contributed by atoms with Gasteiger partial charge in [-0.15, -0.1) is 26.3 Å². The first-order valence-corrected chi connectivity index (χ1v) is 8.23. The Hall–Kier alpha value is -3.56. The number of carbonyl (C=O) groups excluding carboxylic acids is 1. The average molecular weight is 427 g/mol. The van der Waals surface area contributed by atoms with Crippen molar-refractivity contribution < 1.29 is 40.6 Å². The second-order valence-corrected chi connectivity index (χ2v) is 5.86. The molecule has 0 atom stereocenters. The maximum atomic E-state index is 12.7. The number of nitrogens with zero attached hydrogens (tertiary/aromatic N) is 1. The maximum Gasteiger partial charge on any atom is 0.573 e. The predicted molar refractivity (Wildman–Crippen MR) is 93.9 cm³/mol. The summed E-state index contributed by atoms with van der Waals surface area (Å²) in [6.07, 6.45) is -8.46. The van der Waals surface area contributed by atoms with Gasteiger partial charge in [0.1, 0.15) is 11.5 Å². The molecule has 0 aliphatic heterocycles. The standard InChI is InChI=1S/C20H11F6NO3/c21-19(22,23)29-17-7-3-1-5-13(17)15-10-27-16(9-12(15)11-28)14-6-2-4-8-18(14)30-20(24,25)26/h1-11H. The number of benzene rings is 2. The molecule has 0 aliphatic rings. The minimum absolute atomic E-state index is 0.0165. The van der Waals surface area contributed by atoms with Gasteiger partial charge < -0.3 is 9.47 Å². The summed E-state index contributed by atoms with van der Waals surface area (Å²) in [5, 5.41) is 0. The largest absolute Gasteiger partial charge is 0.573 e. The molecule has 1 aromatic heterocycles. The van der Waals surface area contributed by atoms with Crippen molar-refractivity contribution in [1.82, 2.24) is 4.98 Å². The second-order valence-electron chi connectivity index (χ2n) is 5.86. The zero-order valence-electron chi connectivity index (χ0n) is 14.8. The van der Waals surface area contributed by atoms with E-state index in [0.717, 1.165) is 24.4 Å². The molecule has 30 heavy (non-hydrogen) atoms. The Labute approximate surface area is 165 Å². The molecular weight excluding hydrogens is 416 g/mol. The van der Waals surface area contributed by atoms with E-state index in [0.29, 0.717) is 6.29 Å². The van der Waals surface area contributed by atoms with Crippen molar-refractivity contribution in [3.05, 3.63) is 66.4 Å². The van der Waals surface area contributed by atoms with Crippen LogP contribution in [0.25, 0.3) is 22.4 Å². The summed E-state index contributed by atoms with van der Waals surface area (Å²) in [5.41, 5.74) is -0.224. The van der Waals surface area contributed by atoms with E-state index in [-0.39, 0.29) is 27.9 Å². The normalized spacial score (nSPS) is 11.8. The van der Waals surface area contributed by atoms with Gasteiger partial charge in [-0.25, -0.2) is 0 Å². The van der Waals surface area contributed by atoms with Crippen LogP contribution >= 0.6 is 0 Å². The van der Waals surface area contributed by atoms with Crippen molar-refractivity contribution >= 4 is 6.29 Å². The lowest BCUT2D eigenvalue weighted by molar-refractivity contribution is -0.275. The number of alkyl halides is 6. The molecular formula is C20H11F6NO3. The van der Waals surface area contributed by atoms with Gasteiger partial charge in [0, 0.05) is 28.5 Å². The number of ether oxygens (including phenoxy) is 2. The summed E-state index contributed by atoms with van der Waals surface area (Å²) in [6.45, 7) is 0. The minimum Gasteiger partial charge on any atom is -0.405 e. The number of hydrogen-bond acceptors (Lipinski definition) is 4. The maximum absolute atomic E-state index is 12.7. The molecule has 1 heterocycles. The van der Waals surface area contributed by atoms with Crippen LogP contribution in [0.3, 0.4) is 0 Å². The first-order chi connectivity index (χ1) is 14.1. The number of pyridine rings is 1. The van der Waals surface area contributed by atoms with Crippen molar-refractivity contribution in [3.8, 4) is 33.9 Å². The smallest absolute Gasteiger partial charge is 0.405 e. The highest BCUT2D eigenvalue weighted by Crippen LogP contribution is 2.37. The molecule has 0 bridgehead atoms. The molecule has 0 fully saturated rings. The van der Waals surface area contributed by atoms with Crippen LogP contribution in [0, 0.1) is 0 Å². The fourth-order valence-corrected chi connectivity index (χ4v) is 2.74. The predicted octanol–water partition coefficient (Wildman–Crippen LogP) is 6.03. The van der Waals surface area contributed by atoms with E-state index in [1.807, 2.05) is 0 Å². The van der Waals surface area contributed by atoms with Crippen LogP contribution in [0.5, 0.6) is 11.5 Å². The fourth-order valence-electron chi connectivity index (χ4n) is 2.74. The van der Waals surface area contributed by atoms with Gasteiger partial charge in [-0.2, -0.15) is 0 Å². The summed E-state index contributed by atoms with van der Waals surface area (Å²) >= 11 is 0. The summed E-state index contributed by atoms with van der Waals surface area (Å²) in [6, 6.07) is 11.4. The molecule has 0 N–H and O–H groups in total. The Kier molecular flexibility index (Phi) is 5.68. The SMILES string of the molecule is O=Cc1cc(-c2ccccc2OC(F)(F)F)ncc1-c1ccccc1OC(F)(F)F. The third kappa shape index (κ3) is 5.07. The van der Waals surface area contributed by atoms with Gasteiger partial charge in [-0.05, 0) is 24.3 Å². The molecule has 3 aromatic rings. The Morgan fingerprint density at radius 3 is 1.77 bits per heavy atom. The van der Waals surface area contributed by atoms with Gasteiger partial charge in [-0.1, -0.05) is 30.3 Å². The van der Waals surface area contributed by atoms with Crippen molar-refractivity contribution in [2.24, 2.45) is 0 Å². The van der Waals surface area contributed by atoms with Gasteiger partial charge in [0.15, 0.2) is 6.29 Å². The van der Waals surface area contributed by atoms with Gasteiger partial charge in [0.25, 0.3) is 0 Å². The monoisotopic (exact) mass is 427 g/mol. The number of aldehydes is 1. The molecule has 0 amide bonds. The average Bonchev–Trinajstić information content (AvgIpc) is 2.66. The number of hydrogen-bond donors (Lipinski definition) is 0. The van der Waals surface area contributed by atoms with E-state index < -0.39 is 24.2 Å². The zero-order valence-corrected chi connectivity index (χ0v) is 14.8. The molecule has 0 radical (unpaired) electrons. The van der Waals surface area contributed by atoms with Crippen molar-refractivity contribution in [1.29, 1.82) is 0 Å². The van der Waals surface area contributed by atoms with Gasteiger partial charge in [-0.3, -0.25) is 9.78 Å². The van der Waals surface area contributed by atoms with Gasteiger partial charge in [0.05, 0.1) is 5.69 Å². The molecule has 156 valence electrons. The Morgan fingerprint density at radius 2 is 1.23 bits per heavy atom. The first kappa shape index (κ1) is 21.2. The van der Waals surface area contributed by atoms with E-state index in [2.05, 4.69) is 14.5 Å². The Bertz CT molecular complexity index is 1060. The van der Waals surface area contributed by atoms with Crippen LogP contribution in [-0.2, 0) is 0 Å². The van der Waals surface area contributed by atoms with Crippen molar-refractivity contribution in [2.45, 2.75) is 12.7 Å². The third-order valence-corrected chi connectivity index (χ3v) is 3.85. The lowest BCUT2D eigenvalue weighted by Gasteiger charge is -2.16. The fraction of sp³-hybridized carbons (Fsp3) is 0.100. The van der Waals surface area contributed by atoms with Crippen LogP contribution in [0.1, 0.15) is 10.4 Å². The van der Waals surface area contributed by atoms with Crippen LogP contribution in [0.2, 0.25) is 0 Å². The molecule has 10 heteroatoms. The van der Waals surface area contributed by atoms with E-state index in [4.69, 9.17) is 0 Å². The lowest BCUT2D eigenvalue weighted by Crippen LogP contribution is -2.18. The van der Waals surface area contributed by atoms with E-state index in [1.165, 1.54) is 36.4 Å². The molecule has 0 saturated carbocycles. The van der Waals surface area contributed by atoms with Crippen molar-refractivity contribution in [3.63, 3.8) is 0 Å². The number of rotatable bonds is 5. The second kappa shape index (κ2) is 8.05. The summed E-state index contributed by atoms with van der Waals surface area (Å²) in [7, 11) is 0. The van der Waals surface area contributed by atoms with Crippen molar-refractivity contribution in [2.75, 3.05) is 0 Å². The molecule has 0 spiro atoms. The van der Waals surface area contributed by atoms with Crippen LogP contribution < -0.4 is 9.47 Å². The minimum atomic E-state index is -4.96. The zero-order chi connectivity index (χ0) is 21.9.